The molecule has 2 rings (SSSR count). The molecule has 118 valence electrons. The van der Waals surface area contributed by atoms with Gasteiger partial charge in [-0.1, -0.05) is 6.72 Å². The van der Waals surface area contributed by atoms with E-state index in [1.807, 2.05) is 0 Å². The first kappa shape index (κ1) is 16.5. The van der Waals surface area contributed by atoms with E-state index in [1.165, 1.54) is 13.1 Å². The minimum atomic E-state index is -4.33. The van der Waals surface area contributed by atoms with Gasteiger partial charge in [0.25, 0.3) is 5.56 Å². The quantitative estimate of drug-likeness (QED) is 0.573. The van der Waals surface area contributed by atoms with Crippen LogP contribution in [-0.4, -0.2) is 33.5 Å². The molecular weight excluding hydrogens is 323 g/mol. The second-order valence-corrected chi connectivity index (χ2v) is 7.15. The summed E-state index contributed by atoms with van der Waals surface area (Å²) in [5.41, 5.74) is -0.878. The van der Waals surface area contributed by atoms with Crippen molar-refractivity contribution in [1.82, 2.24) is 9.55 Å². The molecule has 0 aromatic carbocycles. The fourth-order valence-corrected chi connectivity index (χ4v) is 2.51. The number of hydrogen-bond donors (Lipinski definition) is 2. The van der Waals surface area contributed by atoms with E-state index < -0.39 is 43.0 Å². The summed E-state index contributed by atoms with van der Waals surface area (Å²) in [6, 6.07) is 0. The molecule has 1 aliphatic rings. The highest BCUT2D eigenvalue weighted by Crippen LogP contribution is 2.32. The zero-order chi connectivity index (χ0) is 15.8. The van der Waals surface area contributed by atoms with Gasteiger partial charge < -0.3 is 24.2 Å². The first-order valence-electron chi connectivity index (χ1n) is 5.99. The Kier molecular flexibility index (Phi) is 4.79. The summed E-state index contributed by atoms with van der Waals surface area (Å²) in [6.07, 6.45) is -1.41. The molecule has 1 fully saturated rings. The maximum Gasteiger partial charge on any atom is 0.330 e. The molecule has 1 aliphatic heterocycles. The van der Waals surface area contributed by atoms with Gasteiger partial charge in [-0.05, 0) is 6.92 Å². The molecule has 21 heavy (non-hydrogen) atoms. The Hall–Kier alpha value is -0.870. The average Bonchev–Trinajstić information content (AvgIpc) is 2.72. The molecular formula is C10H13N2O7PS-2. The average molecular weight is 336 g/mol. The highest BCUT2D eigenvalue weighted by atomic mass is 32.5. The van der Waals surface area contributed by atoms with E-state index in [1.54, 1.807) is 0 Å². The summed E-state index contributed by atoms with van der Waals surface area (Å²) in [5, 5.41) is 9.81. The number of nitrogens with zero attached hydrogens (tertiary/aromatic N) is 1. The molecule has 1 saturated heterocycles. The van der Waals surface area contributed by atoms with Crippen LogP contribution in [0, 0.1) is 6.92 Å². The van der Waals surface area contributed by atoms with Gasteiger partial charge in [0, 0.05) is 18.2 Å². The molecule has 0 radical (unpaired) electrons. The standard InChI is InChI=1S/C10H15N2O7PS/c1-5-3-12(10(15)11-9(5)14)8-2-6(13)7(19-8)4-18-20(16,17)21/h3,6-8,13H,2,4H2,1H3,(H,11,14,15)(H2,16,17,21)/p-2/t6-,7+,8+/m0/s1. The lowest BCUT2D eigenvalue weighted by Crippen LogP contribution is -2.33. The predicted molar refractivity (Wildman–Crippen MR) is 70.8 cm³/mol. The third kappa shape index (κ3) is 4.07. The third-order valence-electron chi connectivity index (χ3n) is 3.06. The van der Waals surface area contributed by atoms with Crippen molar-refractivity contribution in [2.24, 2.45) is 0 Å². The molecule has 1 aromatic rings. The summed E-state index contributed by atoms with van der Waals surface area (Å²) in [7, 11) is 0. The molecule has 9 nitrogen and oxygen atoms in total. The van der Waals surface area contributed by atoms with Crippen molar-refractivity contribution in [3.63, 3.8) is 0 Å². The van der Waals surface area contributed by atoms with Crippen LogP contribution in [-0.2, 0) is 21.1 Å². The maximum absolute atomic E-state index is 11.7. The van der Waals surface area contributed by atoms with Crippen LogP contribution in [0.15, 0.2) is 15.8 Å². The van der Waals surface area contributed by atoms with E-state index >= 15 is 0 Å². The van der Waals surface area contributed by atoms with Crippen molar-refractivity contribution in [1.29, 1.82) is 0 Å². The third-order valence-corrected chi connectivity index (χ3v) is 3.84. The van der Waals surface area contributed by atoms with Crippen molar-refractivity contribution < 1.29 is 24.2 Å². The van der Waals surface area contributed by atoms with Gasteiger partial charge in [0.15, 0.2) is 0 Å². The molecule has 0 bridgehead atoms. The van der Waals surface area contributed by atoms with Gasteiger partial charge in [0.05, 0.1) is 12.7 Å². The van der Waals surface area contributed by atoms with Crippen LogP contribution in [0.5, 0.6) is 0 Å². The summed E-state index contributed by atoms with van der Waals surface area (Å²) in [4.78, 5) is 46.7. The van der Waals surface area contributed by atoms with Crippen molar-refractivity contribution >= 4 is 18.5 Å². The zero-order valence-corrected chi connectivity index (χ0v) is 12.6. The molecule has 11 heteroatoms. The molecule has 2 heterocycles. The van der Waals surface area contributed by atoms with Crippen LogP contribution < -0.4 is 21.0 Å². The fraction of sp³-hybridized carbons (Fsp3) is 0.600. The smallest absolute Gasteiger partial charge is 0.330 e. The monoisotopic (exact) mass is 336 g/mol. The number of hydrogen-bond acceptors (Lipinski definition) is 8. The van der Waals surface area contributed by atoms with Crippen LogP contribution >= 0.6 is 6.72 Å². The summed E-state index contributed by atoms with van der Waals surface area (Å²) in [6.45, 7) is -3.25. The van der Waals surface area contributed by atoms with Crippen LogP contribution in [0.4, 0.5) is 0 Å². The van der Waals surface area contributed by atoms with Gasteiger partial charge in [-0.2, -0.15) is 0 Å². The predicted octanol–water partition coefficient (Wildman–Crippen LogP) is -2.54. The largest absolute Gasteiger partial charge is 0.812 e. The number of ether oxygens (including phenoxy) is 1. The normalized spacial score (nSPS) is 26.2. The number of aryl methyl sites for hydroxylation is 1. The second kappa shape index (κ2) is 6.09. The summed E-state index contributed by atoms with van der Waals surface area (Å²) >= 11 is 4.08. The van der Waals surface area contributed by atoms with Gasteiger partial charge in [0.2, 0.25) is 0 Å². The number of rotatable bonds is 4. The number of aromatic amines is 1. The lowest BCUT2D eigenvalue weighted by atomic mass is 10.2. The summed E-state index contributed by atoms with van der Waals surface area (Å²) in [5.74, 6) is 0. The lowest BCUT2D eigenvalue weighted by Gasteiger charge is -2.35. The van der Waals surface area contributed by atoms with Crippen molar-refractivity contribution in [2.45, 2.75) is 31.8 Å². The van der Waals surface area contributed by atoms with Crippen molar-refractivity contribution in [3.8, 4) is 0 Å². The highest BCUT2D eigenvalue weighted by molar-refractivity contribution is 8.05. The van der Waals surface area contributed by atoms with Crippen LogP contribution in [0.2, 0.25) is 0 Å². The Morgan fingerprint density at radius 1 is 1.62 bits per heavy atom. The Bertz CT molecular complexity index is 681. The maximum atomic E-state index is 11.7. The summed E-state index contributed by atoms with van der Waals surface area (Å²) < 4.78 is 10.9. The van der Waals surface area contributed by atoms with Gasteiger partial charge in [-0.25, -0.2) is 4.79 Å². The van der Waals surface area contributed by atoms with Crippen LogP contribution in [0.3, 0.4) is 0 Å². The molecule has 0 unspecified atom stereocenters. The van der Waals surface area contributed by atoms with Gasteiger partial charge >= 0.3 is 5.69 Å². The van der Waals surface area contributed by atoms with E-state index in [9.17, 15) is 24.5 Å². The number of aliphatic hydroxyl groups is 1. The Morgan fingerprint density at radius 3 is 2.90 bits per heavy atom. The van der Waals surface area contributed by atoms with Crippen LogP contribution in [0.1, 0.15) is 18.2 Å². The van der Waals surface area contributed by atoms with E-state index in [-0.39, 0.29) is 6.42 Å². The zero-order valence-electron chi connectivity index (χ0n) is 10.9. The van der Waals surface area contributed by atoms with E-state index in [0.717, 1.165) is 4.57 Å². The number of nitrogens with one attached hydrogen (secondary N) is 1. The molecule has 0 spiro atoms. The minimum absolute atomic E-state index is 0.0556. The van der Waals surface area contributed by atoms with E-state index in [4.69, 9.17) is 4.74 Å². The Balaban J connectivity index is 2.14. The molecule has 0 saturated carbocycles. The fourth-order valence-electron chi connectivity index (χ4n) is 2.00. The molecule has 1 aromatic heterocycles. The molecule has 2 N–H and O–H groups in total. The van der Waals surface area contributed by atoms with Crippen molar-refractivity contribution in [2.75, 3.05) is 6.61 Å². The number of H-pyrrole nitrogens is 1. The first-order chi connectivity index (χ1) is 9.67. The number of aliphatic hydroxyl groups excluding tert-OH is 1. The lowest BCUT2D eigenvalue weighted by molar-refractivity contribution is -0.322. The van der Waals surface area contributed by atoms with Crippen LogP contribution in [0.25, 0.3) is 0 Å². The highest BCUT2D eigenvalue weighted by Gasteiger charge is 2.35. The first-order valence-corrected chi connectivity index (χ1v) is 8.55. The van der Waals surface area contributed by atoms with E-state index in [2.05, 4.69) is 21.3 Å². The van der Waals surface area contributed by atoms with E-state index in [0.29, 0.717) is 5.56 Å². The Morgan fingerprint density at radius 2 is 2.29 bits per heavy atom. The van der Waals surface area contributed by atoms with Crippen molar-refractivity contribution in [3.05, 3.63) is 32.6 Å². The SMILES string of the molecule is Cc1cn([C@H]2C[C@H](O)[C@@H](COP([O-])([O-])=S)O2)c(=O)[nH]c1=O. The topological polar surface area (TPSA) is 140 Å². The van der Waals surface area contributed by atoms with Gasteiger partial charge in [0.1, 0.15) is 12.3 Å². The second-order valence-electron chi connectivity index (χ2n) is 4.65. The molecule has 0 amide bonds. The molecule has 0 aliphatic carbocycles. The Labute approximate surface area is 124 Å². The van der Waals surface area contributed by atoms with Gasteiger partial charge in [-0.3, -0.25) is 14.3 Å². The minimum Gasteiger partial charge on any atom is -0.812 e. The molecule has 3 atom stereocenters. The van der Waals surface area contributed by atoms with Gasteiger partial charge in [-0.15, -0.1) is 11.8 Å². The number of aromatic nitrogens is 2.